The van der Waals surface area contributed by atoms with Crippen molar-refractivity contribution < 1.29 is 9.53 Å². The molecule has 0 saturated carbocycles. The van der Waals surface area contributed by atoms with E-state index >= 15 is 0 Å². The van der Waals surface area contributed by atoms with Crippen LogP contribution in [0.3, 0.4) is 0 Å². The van der Waals surface area contributed by atoms with Crippen LogP contribution in [0.5, 0.6) is 0 Å². The van der Waals surface area contributed by atoms with Crippen molar-refractivity contribution in [2.75, 3.05) is 5.32 Å². The standard InChI is InChI=1S/C25H21ClN4O3/c26-23-22(19-11-5-2-6-12-19)30(16-21(31)33-17-18-9-3-1-4-10-18)25(32)24(29-23)28-15-20-13-7-8-14-27-20/h1-14H,15-17H2,(H,28,29). The van der Waals surface area contributed by atoms with Crippen LogP contribution in [0.1, 0.15) is 11.3 Å². The zero-order valence-electron chi connectivity index (χ0n) is 17.6. The molecule has 0 aliphatic carbocycles. The fraction of sp³-hybridized carbons (Fsp3) is 0.120. The number of benzene rings is 2. The van der Waals surface area contributed by atoms with Crippen LogP contribution in [0.2, 0.25) is 5.15 Å². The number of nitrogens with zero attached hydrogens (tertiary/aromatic N) is 3. The summed E-state index contributed by atoms with van der Waals surface area (Å²) in [7, 11) is 0. The molecule has 0 atom stereocenters. The number of carbonyl (C=O) groups is 1. The maximum Gasteiger partial charge on any atom is 0.326 e. The highest BCUT2D eigenvalue weighted by molar-refractivity contribution is 6.32. The molecule has 2 aromatic heterocycles. The first kappa shape index (κ1) is 22.2. The topological polar surface area (TPSA) is 86.1 Å². The van der Waals surface area contributed by atoms with Gasteiger partial charge in [-0.3, -0.25) is 19.1 Å². The maximum atomic E-state index is 13.3. The van der Waals surface area contributed by atoms with Crippen molar-refractivity contribution in [3.8, 4) is 11.3 Å². The quantitative estimate of drug-likeness (QED) is 0.394. The highest BCUT2D eigenvalue weighted by Gasteiger charge is 2.20. The lowest BCUT2D eigenvalue weighted by molar-refractivity contribution is -0.145. The minimum Gasteiger partial charge on any atom is -0.459 e. The van der Waals surface area contributed by atoms with E-state index in [1.807, 2.05) is 60.7 Å². The molecule has 33 heavy (non-hydrogen) atoms. The van der Waals surface area contributed by atoms with Crippen molar-refractivity contribution in [3.05, 3.63) is 112 Å². The normalized spacial score (nSPS) is 10.6. The van der Waals surface area contributed by atoms with Gasteiger partial charge in [0.15, 0.2) is 11.0 Å². The Hall–Kier alpha value is -3.97. The van der Waals surface area contributed by atoms with Crippen molar-refractivity contribution in [2.24, 2.45) is 0 Å². The lowest BCUT2D eigenvalue weighted by atomic mass is 10.1. The van der Waals surface area contributed by atoms with E-state index in [2.05, 4.69) is 15.3 Å². The molecule has 2 aromatic carbocycles. The van der Waals surface area contributed by atoms with Gasteiger partial charge in [0.25, 0.3) is 5.56 Å². The number of anilines is 1. The monoisotopic (exact) mass is 460 g/mol. The van der Waals surface area contributed by atoms with E-state index < -0.39 is 11.5 Å². The average molecular weight is 461 g/mol. The number of esters is 1. The average Bonchev–Trinajstić information content (AvgIpc) is 2.86. The van der Waals surface area contributed by atoms with Gasteiger partial charge in [-0.25, -0.2) is 4.98 Å². The van der Waals surface area contributed by atoms with Gasteiger partial charge in [-0.15, -0.1) is 0 Å². The van der Waals surface area contributed by atoms with E-state index in [0.717, 1.165) is 11.3 Å². The molecule has 4 aromatic rings. The summed E-state index contributed by atoms with van der Waals surface area (Å²) in [5.74, 6) is -0.530. The van der Waals surface area contributed by atoms with Gasteiger partial charge in [0, 0.05) is 11.8 Å². The van der Waals surface area contributed by atoms with E-state index in [4.69, 9.17) is 16.3 Å². The summed E-state index contributed by atoms with van der Waals surface area (Å²) in [6.45, 7) is 0.0810. The number of hydrogen-bond acceptors (Lipinski definition) is 6. The summed E-state index contributed by atoms with van der Waals surface area (Å²) in [6, 6.07) is 23.9. The molecule has 2 heterocycles. The van der Waals surface area contributed by atoms with E-state index in [1.165, 1.54) is 4.57 Å². The first-order chi connectivity index (χ1) is 16.1. The first-order valence-electron chi connectivity index (χ1n) is 10.3. The number of rotatable bonds is 8. The fourth-order valence-electron chi connectivity index (χ4n) is 3.27. The predicted molar refractivity (Wildman–Crippen MR) is 127 cm³/mol. The Kier molecular flexibility index (Phi) is 7.12. The van der Waals surface area contributed by atoms with Gasteiger partial charge in [0.1, 0.15) is 13.2 Å². The van der Waals surface area contributed by atoms with Gasteiger partial charge in [0.05, 0.1) is 17.9 Å². The zero-order chi connectivity index (χ0) is 23.0. The Morgan fingerprint density at radius 2 is 1.67 bits per heavy atom. The Labute approximate surface area is 195 Å². The lowest BCUT2D eigenvalue weighted by Crippen LogP contribution is -2.30. The Bertz CT molecular complexity index is 1280. The highest BCUT2D eigenvalue weighted by Crippen LogP contribution is 2.26. The van der Waals surface area contributed by atoms with Crippen molar-refractivity contribution in [2.45, 2.75) is 19.7 Å². The van der Waals surface area contributed by atoms with Crippen LogP contribution in [0, 0.1) is 0 Å². The summed E-state index contributed by atoms with van der Waals surface area (Å²) >= 11 is 6.50. The van der Waals surface area contributed by atoms with Gasteiger partial charge in [-0.1, -0.05) is 78.3 Å². The van der Waals surface area contributed by atoms with Crippen LogP contribution in [0.25, 0.3) is 11.3 Å². The second-order valence-corrected chi connectivity index (χ2v) is 7.54. The minimum atomic E-state index is -0.559. The van der Waals surface area contributed by atoms with Crippen LogP contribution in [0.4, 0.5) is 5.82 Å². The Morgan fingerprint density at radius 1 is 0.970 bits per heavy atom. The number of nitrogens with one attached hydrogen (secondary N) is 1. The van der Waals surface area contributed by atoms with Gasteiger partial charge in [-0.2, -0.15) is 0 Å². The van der Waals surface area contributed by atoms with Gasteiger partial charge in [-0.05, 0) is 17.7 Å². The van der Waals surface area contributed by atoms with Crippen molar-refractivity contribution >= 4 is 23.4 Å². The van der Waals surface area contributed by atoms with Gasteiger partial charge < -0.3 is 10.1 Å². The number of ether oxygens (including phenoxy) is 1. The first-order valence-corrected chi connectivity index (χ1v) is 10.7. The molecule has 0 saturated heterocycles. The van der Waals surface area contributed by atoms with Gasteiger partial charge in [0.2, 0.25) is 0 Å². The lowest BCUT2D eigenvalue weighted by Gasteiger charge is -2.16. The molecule has 1 N–H and O–H groups in total. The SMILES string of the molecule is O=C(Cn1c(-c2ccccc2)c(Cl)nc(NCc2ccccn2)c1=O)OCc1ccccc1. The van der Waals surface area contributed by atoms with E-state index in [0.29, 0.717) is 11.3 Å². The number of hydrogen-bond donors (Lipinski definition) is 1. The molecule has 0 fully saturated rings. The molecule has 0 aliphatic heterocycles. The third-order valence-electron chi connectivity index (χ3n) is 4.86. The summed E-state index contributed by atoms with van der Waals surface area (Å²) in [6.07, 6.45) is 1.66. The largest absolute Gasteiger partial charge is 0.459 e. The Morgan fingerprint density at radius 3 is 2.36 bits per heavy atom. The predicted octanol–water partition coefficient (Wildman–Crippen LogP) is 4.31. The molecule has 0 spiro atoms. The molecule has 4 rings (SSSR count). The fourth-order valence-corrected chi connectivity index (χ4v) is 3.56. The number of aromatic nitrogens is 3. The van der Waals surface area contributed by atoms with Crippen molar-refractivity contribution in [1.82, 2.24) is 14.5 Å². The van der Waals surface area contributed by atoms with Crippen LogP contribution in [-0.2, 0) is 29.2 Å². The van der Waals surface area contributed by atoms with E-state index in [9.17, 15) is 9.59 Å². The molecule has 0 amide bonds. The summed E-state index contributed by atoms with van der Waals surface area (Å²) < 4.78 is 6.68. The molecular formula is C25H21ClN4O3. The molecule has 8 heteroatoms. The number of halogens is 1. The molecule has 0 aliphatic rings. The maximum absolute atomic E-state index is 13.3. The van der Waals surface area contributed by atoms with Crippen LogP contribution >= 0.6 is 11.6 Å². The molecular weight excluding hydrogens is 440 g/mol. The Balaban J connectivity index is 1.63. The molecule has 0 bridgehead atoms. The van der Waals surface area contributed by atoms with Gasteiger partial charge >= 0.3 is 5.97 Å². The molecule has 0 unspecified atom stereocenters. The summed E-state index contributed by atoms with van der Waals surface area (Å²) in [5, 5.41) is 3.07. The third kappa shape index (κ3) is 5.64. The van der Waals surface area contributed by atoms with Crippen LogP contribution < -0.4 is 10.9 Å². The summed E-state index contributed by atoms with van der Waals surface area (Å²) in [4.78, 5) is 34.4. The third-order valence-corrected chi connectivity index (χ3v) is 5.13. The second-order valence-electron chi connectivity index (χ2n) is 7.18. The highest BCUT2D eigenvalue weighted by atomic mass is 35.5. The van der Waals surface area contributed by atoms with Crippen LogP contribution in [0.15, 0.2) is 89.9 Å². The van der Waals surface area contributed by atoms with Crippen LogP contribution in [-0.4, -0.2) is 20.5 Å². The van der Waals surface area contributed by atoms with E-state index in [1.54, 1.807) is 24.4 Å². The number of carbonyl (C=O) groups excluding carboxylic acids is 1. The molecule has 0 radical (unpaired) electrons. The molecule has 166 valence electrons. The summed E-state index contributed by atoms with van der Waals surface area (Å²) in [5.41, 5.74) is 2.12. The van der Waals surface area contributed by atoms with E-state index in [-0.39, 0.29) is 30.7 Å². The van der Waals surface area contributed by atoms with Crippen molar-refractivity contribution in [1.29, 1.82) is 0 Å². The molecule has 7 nitrogen and oxygen atoms in total. The second kappa shape index (κ2) is 10.6. The zero-order valence-corrected chi connectivity index (χ0v) is 18.4. The van der Waals surface area contributed by atoms with Crippen molar-refractivity contribution in [3.63, 3.8) is 0 Å². The number of pyridine rings is 1. The smallest absolute Gasteiger partial charge is 0.326 e. The minimum absolute atomic E-state index is 0.0289.